The number of nitrogens with zero attached hydrogens (tertiary/aromatic N) is 4. The predicted molar refractivity (Wildman–Crippen MR) is 62.7 cm³/mol. The van der Waals surface area contributed by atoms with Crippen LogP contribution in [-0.2, 0) is 4.74 Å². The maximum absolute atomic E-state index is 8.99. The molecule has 0 spiro atoms. The molecule has 17 heavy (non-hydrogen) atoms. The van der Waals surface area contributed by atoms with Crippen molar-refractivity contribution in [2.24, 2.45) is 0 Å². The fraction of sp³-hybridized carbons (Fsp3) is 0.545. The SMILES string of the molecule is COCCN(CCO)c1nc(C)cc(C#N)n1. The normalized spacial score (nSPS) is 10.0. The highest BCUT2D eigenvalue weighted by Gasteiger charge is 2.10. The zero-order valence-corrected chi connectivity index (χ0v) is 10.1. The summed E-state index contributed by atoms with van der Waals surface area (Å²) in [6.45, 7) is 3.31. The summed E-state index contributed by atoms with van der Waals surface area (Å²) in [6.07, 6.45) is 0. The molecular weight excluding hydrogens is 220 g/mol. The number of hydrogen-bond donors (Lipinski definition) is 1. The Morgan fingerprint density at radius 1 is 1.47 bits per heavy atom. The van der Waals surface area contributed by atoms with E-state index in [9.17, 15) is 0 Å². The van der Waals surface area contributed by atoms with Crippen LogP contribution in [0.15, 0.2) is 6.07 Å². The molecule has 0 fully saturated rings. The highest BCUT2D eigenvalue weighted by molar-refractivity contribution is 5.35. The molecule has 0 saturated carbocycles. The number of aromatic nitrogens is 2. The Balaban J connectivity index is 2.92. The average Bonchev–Trinajstić information content (AvgIpc) is 2.33. The summed E-state index contributed by atoms with van der Waals surface area (Å²) in [5.74, 6) is 0.452. The molecule has 0 atom stereocenters. The molecule has 6 heteroatoms. The van der Waals surface area contributed by atoms with Crippen LogP contribution in [0, 0.1) is 18.3 Å². The number of methoxy groups -OCH3 is 1. The fourth-order valence-corrected chi connectivity index (χ4v) is 1.39. The van der Waals surface area contributed by atoms with Gasteiger partial charge < -0.3 is 14.7 Å². The molecule has 0 amide bonds. The van der Waals surface area contributed by atoms with Crippen LogP contribution in [-0.4, -0.2) is 48.5 Å². The summed E-state index contributed by atoms with van der Waals surface area (Å²) < 4.78 is 4.98. The Kier molecular flexibility index (Phi) is 5.33. The van der Waals surface area contributed by atoms with Crippen molar-refractivity contribution in [3.8, 4) is 6.07 Å². The van der Waals surface area contributed by atoms with Crippen LogP contribution >= 0.6 is 0 Å². The molecule has 1 heterocycles. The van der Waals surface area contributed by atoms with Gasteiger partial charge in [-0.25, -0.2) is 9.97 Å². The van der Waals surface area contributed by atoms with Gasteiger partial charge >= 0.3 is 0 Å². The molecule has 0 aliphatic carbocycles. The van der Waals surface area contributed by atoms with Crippen molar-refractivity contribution in [2.45, 2.75) is 6.92 Å². The lowest BCUT2D eigenvalue weighted by atomic mass is 10.3. The Hall–Kier alpha value is -1.71. The smallest absolute Gasteiger partial charge is 0.226 e. The van der Waals surface area contributed by atoms with Crippen LogP contribution in [0.25, 0.3) is 0 Å². The molecule has 0 unspecified atom stereocenters. The van der Waals surface area contributed by atoms with E-state index in [1.54, 1.807) is 25.0 Å². The molecule has 0 bridgehead atoms. The Labute approximate surface area is 100 Å². The molecule has 1 N–H and O–H groups in total. The van der Waals surface area contributed by atoms with Crippen LogP contribution in [0.2, 0.25) is 0 Å². The van der Waals surface area contributed by atoms with Crippen molar-refractivity contribution in [1.82, 2.24) is 9.97 Å². The van der Waals surface area contributed by atoms with Gasteiger partial charge in [0.25, 0.3) is 0 Å². The van der Waals surface area contributed by atoms with Crippen LogP contribution < -0.4 is 4.90 Å². The van der Waals surface area contributed by atoms with Gasteiger partial charge in [-0.3, -0.25) is 0 Å². The van der Waals surface area contributed by atoms with Gasteiger partial charge in [0, 0.05) is 25.9 Å². The van der Waals surface area contributed by atoms with E-state index in [4.69, 9.17) is 15.1 Å². The van der Waals surface area contributed by atoms with E-state index in [2.05, 4.69) is 9.97 Å². The maximum Gasteiger partial charge on any atom is 0.226 e. The molecule has 1 aromatic heterocycles. The van der Waals surface area contributed by atoms with Gasteiger partial charge in [0.1, 0.15) is 11.8 Å². The first-order chi connectivity index (χ1) is 8.21. The van der Waals surface area contributed by atoms with Gasteiger partial charge in [-0.1, -0.05) is 0 Å². The molecule has 92 valence electrons. The molecule has 0 aliphatic heterocycles. The summed E-state index contributed by atoms with van der Waals surface area (Å²) in [4.78, 5) is 10.2. The monoisotopic (exact) mass is 236 g/mol. The fourth-order valence-electron chi connectivity index (χ4n) is 1.39. The quantitative estimate of drug-likeness (QED) is 0.754. The largest absolute Gasteiger partial charge is 0.395 e. The van der Waals surface area contributed by atoms with Crippen LogP contribution in [0.5, 0.6) is 0 Å². The standard InChI is InChI=1S/C11H16N4O2/c1-9-7-10(8-12)14-11(13-9)15(3-5-16)4-6-17-2/h7,16H,3-6H2,1-2H3. The van der Waals surface area contributed by atoms with E-state index in [1.807, 2.05) is 6.07 Å². The lowest BCUT2D eigenvalue weighted by Crippen LogP contribution is -2.32. The molecule has 0 saturated heterocycles. The van der Waals surface area contributed by atoms with Crippen molar-refractivity contribution in [3.63, 3.8) is 0 Å². The maximum atomic E-state index is 8.99. The molecule has 0 aromatic carbocycles. The molecule has 0 radical (unpaired) electrons. The molecular formula is C11H16N4O2. The van der Waals surface area contributed by atoms with Gasteiger partial charge in [-0.2, -0.15) is 5.26 Å². The first kappa shape index (κ1) is 13.4. The van der Waals surface area contributed by atoms with Crippen LogP contribution in [0.1, 0.15) is 11.4 Å². The summed E-state index contributed by atoms with van der Waals surface area (Å²) in [5.41, 5.74) is 1.06. The third-order valence-corrected chi connectivity index (χ3v) is 2.18. The molecule has 1 rings (SSSR count). The van der Waals surface area contributed by atoms with Gasteiger partial charge in [-0.15, -0.1) is 0 Å². The minimum absolute atomic E-state index is 0.00288. The molecule has 6 nitrogen and oxygen atoms in total. The Morgan fingerprint density at radius 2 is 2.24 bits per heavy atom. The van der Waals surface area contributed by atoms with Crippen LogP contribution in [0.4, 0.5) is 5.95 Å². The summed E-state index contributed by atoms with van der Waals surface area (Å²) in [5, 5.41) is 17.8. The van der Waals surface area contributed by atoms with Crippen molar-refractivity contribution >= 4 is 5.95 Å². The van der Waals surface area contributed by atoms with Crippen molar-refractivity contribution in [2.75, 3.05) is 38.3 Å². The summed E-state index contributed by atoms with van der Waals surface area (Å²) in [7, 11) is 1.61. The molecule has 0 aliphatic rings. The number of rotatable bonds is 6. The number of nitriles is 1. The Bertz CT molecular complexity index is 403. The summed E-state index contributed by atoms with van der Waals surface area (Å²) in [6, 6.07) is 3.61. The van der Waals surface area contributed by atoms with E-state index in [1.165, 1.54) is 0 Å². The Morgan fingerprint density at radius 3 is 2.82 bits per heavy atom. The number of aliphatic hydroxyl groups is 1. The van der Waals surface area contributed by atoms with E-state index in [-0.39, 0.29) is 6.61 Å². The zero-order valence-electron chi connectivity index (χ0n) is 10.1. The highest BCUT2D eigenvalue weighted by atomic mass is 16.5. The minimum Gasteiger partial charge on any atom is -0.395 e. The first-order valence-electron chi connectivity index (χ1n) is 5.31. The van der Waals surface area contributed by atoms with Crippen molar-refractivity contribution in [1.29, 1.82) is 5.26 Å². The van der Waals surface area contributed by atoms with Gasteiger partial charge in [0.2, 0.25) is 5.95 Å². The lowest BCUT2D eigenvalue weighted by molar-refractivity contribution is 0.202. The zero-order chi connectivity index (χ0) is 12.7. The second-order valence-electron chi connectivity index (χ2n) is 3.51. The van der Waals surface area contributed by atoms with Gasteiger partial charge in [-0.05, 0) is 13.0 Å². The summed E-state index contributed by atoms with van der Waals surface area (Å²) >= 11 is 0. The van der Waals surface area contributed by atoms with E-state index in [0.717, 1.165) is 5.69 Å². The third kappa shape index (κ3) is 3.98. The predicted octanol–water partition coefficient (Wildman–Crippen LogP) is 0.102. The van der Waals surface area contributed by atoms with E-state index >= 15 is 0 Å². The van der Waals surface area contributed by atoms with E-state index < -0.39 is 0 Å². The topological polar surface area (TPSA) is 82.3 Å². The second kappa shape index (κ2) is 6.78. The number of aryl methyl sites for hydroxylation is 1. The van der Waals surface area contributed by atoms with Crippen molar-refractivity contribution < 1.29 is 9.84 Å². The average molecular weight is 236 g/mol. The lowest BCUT2D eigenvalue weighted by Gasteiger charge is -2.21. The van der Waals surface area contributed by atoms with E-state index in [0.29, 0.717) is 31.3 Å². The van der Waals surface area contributed by atoms with Gasteiger partial charge in [0.05, 0.1) is 13.2 Å². The third-order valence-electron chi connectivity index (χ3n) is 2.18. The molecule has 1 aromatic rings. The van der Waals surface area contributed by atoms with Crippen molar-refractivity contribution in [3.05, 3.63) is 17.5 Å². The number of anilines is 1. The van der Waals surface area contributed by atoms with Gasteiger partial charge in [0.15, 0.2) is 0 Å². The highest BCUT2D eigenvalue weighted by Crippen LogP contribution is 2.09. The second-order valence-corrected chi connectivity index (χ2v) is 3.51. The number of hydrogen-bond acceptors (Lipinski definition) is 6. The first-order valence-corrected chi connectivity index (χ1v) is 5.31. The number of ether oxygens (including phenoxy) is 1. The van der Waals surface area contributed by atoms with Crippen LogP contribution in [0.3, 0.4) is 0 Å². The number of aliphatic hydroxyl groups excluding tert-OH is 1. The minimum atomic E-state index is 0.00288.